The maximum Gasteiger partial charge on any atom is 0.196 e. The number of hydrogen-bond donors (Lipinski definition) is 0. The monoisotopic (exact) mass is 794 g/mol. The van der Waals surface area contributed by atoms with Crippen LogP contribution in [-0.2, 0) is 31.9 Å². The molecule has 4 aromatic carbocycles. The first-order valence-electron chi connectivity index (χ1n) is 15.5. The Labute approximate surface area is 289 Å². The molecule has 0 unspecified atom stereocenters. The maximum atomic E-state index is 6.48. The number of anilines is 2. The van der Waals surface area contributed by atoms with E-state index in [0.717, 1.165) is 50.4 Å². The fraction of sp³-hybridized carbons (Fsp3) is 0.175. The second kappa shape index (κ2) is 11.5. The third-order valence-corrected chi connectivity index (χ3v) is 8.84. The topological polar surface area (TPSA) is 45.7 Å². The maximum absolute atomic E-state index is 6.48. The molecule has 2 aromatic heterocycles. The van der Waals surface area contributed by atoms with E-state index in [1.165, 1.54) is 5.56 Å². The van der Waals surface area contributed by atoms with Crippen molar-refractivity contribution >= 4 is 45.4 Å². The van der Waals surface area contributed by atoms with Gasteiger partial charge in [0.25, 0.3) is 0 Å². The van der Waals surface area contributed by atoms with Crippen LogP contribution in [0, 0.1) is 12.1 Å². The Balaban J connectivity index is 0.00000351. The minimum Gasteiger partial charge on any atom is -0.510 e. The first kappa shape index (κ1) is 30.8. The van der Waals surface area contributed by atoms with Crippen LogP contribution in [0.3, 0.4) is 0 Å². The van der Waals surface area contributed by atoms with Crippen molar-refractivity contribution in [1.82, 2.24) is 9.55 Å². The third-order valence-electron chi connectivity index (χ3n) is 8.84. The molecule has 0 atom stereocenters. The van der Waals surface area contributed by atoms with Gasteiger partial charge in [-0.15, -0.1) is 29.7 Å². The van der Waals surface area contributed by atoms with E-state index in [2.05, 4.69) is 123 Å². The third kappa shape index (κ3) is 5.21. The van der Waals surface area contributed by atoms with E-state index in [-0.39, 0.29) is 31.9 Å². The number of nitrogens with zero attached hydrogens (tertiary/aromatic N) is 5. The minimum absolute atomic E-state index is 0. The number of fused-ring (bicyclic) bond motifs is 5. The van der Waals surface area contributed by atoms with Crippen LogP contribution in [0.25, 0.3) is 27.6 Å². The van der Waals surface area contributed by atoms with Crippen molar-refractivity contribution in [2.24, 2.45) is 4.99 Å². The largest absolute Gasteiger partial charge is 0.510 e. The number of ether oxygens (including phenoxy) is 1. The Bertz CT molecular complexity index is 2270. The summed E-state index contributed by atoms with van der Waals surface area (Å²) in [6.07, 6.45) is 9.17. The van der Waals surface area contributed by atoms with Crippen LogP contribution < -0.4 is 9.64 Å². The standard InChI is InChI=1S/C40H33N5O.Pt/c1-39(2,3)27-19-20-41-37(23-27)45-34-15-8-6-13-31(34)32-18-17-30(25-36(32)45)46-29-12-10-11-28(24-29)44-26-43-22-21-42-38(43)40(4,5)33-14-7-9-16-35(33)44;/h6-23H,1-5H3;/q-2;. The van der Waals surface area contributed by atoms with Gasteiger partial charge in [-0.05, 0) is 40.1 Å². The molecule has 0 fully saturated rings. The Morgan fingerprint density at radius 3 is 2.47 bits per heavy atom. The molecule has 2 aliphatic heterocycles. The number of rotatable bonds is 4. The van der Waals surface area contributed by atoms with Gasteiger partial charge < -0.3 is 18.8 Å². The molecule has 0 amide bonds. The molecule has 7 heteroatoms. The molecule has 6 aromatic rings. The summed E-state index contributed by atoms with van der Waals surface area (Å²) in [5, 5.41) is 2.23. The van der Waals surface area contributed by atoms with Crippen molar-refractivity contribution in [1.29, 1.82) is 0 Å². The number of pyridine rings is 1. The van der Waals surface area contributed by atoms with Gasteiger partial charge in [-0.3, -0.25) is 0 Å². The molecule has 2 aliphatic rings. The van der Waals surface area contributed by atoms with Gasteiger partial charge in [-0.2, -0.15) is 23.2 Å². The molecule has 0 N–H and O–H groups in total. The number of aromatic nitrogens is 2. The summed E-state index contributed by atoms with van der Waals surface area (Å²) in [7, 11) is 0. The smallest absolute Gasteiger partial charge is 0.196 e. The predicted octanol–water partition coefficient (Wildman–Crippen LogP) is 9.10. The second-order valence-corrected chi connectivity index (χ2v) is 13.3. The molecule has 0 spiro atoms. The Kier molecular flexibility index (Phi) is 7.52. The first-order chi connectivity index (χ1) is 22.2. The van der Waals surface area contributed by atoms with E-state index >= 15 is 0 Å². The van der Waals surface area contributed by atoms with Crippen molar-refractivity contribution in [2.75, 3.05) is 4.90 Å². The van der Waals surface area contributed by atoms with Gasteiger partial charge in [0.15, 0.2) is 12.2 Å². The average molecular weight is 795 g/mol. The molecular formula is C40H33N5OPt-2. The first-order valence-corrected chi connectivity index (χ1v) is 15.5. The molecule has 0 bridgehead atoms. The number of amidine groups is 1. The minimum atomic E-state index is -0.319. The Hall–Kier alpha value is -4.80. The molecule has 47 heavy (non-hydrogen) atoms. The SMILES string of the molecule is CC(C)(C)c1ccnc(-n2c3[c-]c(Oc4[c-]c(N5[C-]=[N+]6C=CN=C6C(C)(C)c6ccccc65)ccc4)ccc3c3ccccc32)c1.[Pt]. The van der Waals surface area contributed by atoms with Crippen molar-refractivity contribution in [3.05, 3.63) is 133 Å². The second-order valence-electron chi connectivity index (χ2n) is 13.3. The fourth-order valence-corrected chi connectivity index (χ4v) is 6.43. The van der Waals surface area contributed by atoms with Gasteiger partial charge in [-0.25, -0.2) is 4.98 Å². The molecule has 6 nitrogen and oxygen atoms in total. The van der Waals surface area contributed by atoms with Crippen molar-refractivity contribution in [3.63, 3.8) is 0 Å². The predicted molar refractivity (Wildman–Crippen MR) is 185 cm³/mol. The van der Waals surface area contributed by atoms with Crippen LogP contribution in [0.5, 0.6) is 11.5 Å². The zero-order valence-electron chi connectivity index (χ0n) is 26.9. The fourth-order valence-electron chi connectivity index (χ4n) is 6.43. The van der Waals surface area contributed by atoms with Crippen LogP contribution in [0.1, 0.15) is 45.7 Å². The Morgan fingerprint density at radius 1 is 0.830 bits per heavy atom. The van der Waals surface area contributed by atoms with Crippen LogP contribution in [0.2, 0.25) is 0 Å². The Morgan fingerprint density at radius 2 is 1.62 bits per heavy atom. The molecule has 4 heterocycles. The normalized spacial score (nSPS) is 15.0. The zero-order chi connectivity index (χ0) is 31.6. The van der Waals surface area contributed by atoms with Crippen molar-refractivity contribution < 1.29 is 30.4 Å². The molecule has 236 valence electrons. The summed E-state index contributed by atoms with van der Waals surface area (Å²) < 4.78 is 10.6. The van der Waals surface area contributed by atoms with Gasteiger partial charge in [0.1, 0.15) is 5.82 Å². The van der Waals surface area contributed by atoms with E-state index in [1.54, 1.807) is 0 Å². The van der Waals surface area contributed by atoms with E-state index in [9.17, 15) is 0 Å². The van der Waals surface area contributed by atoms with Crippen molar-refractivity contribution in [3.8, 4) is 17.3 Å². The molecule has 0 saturated heterocycles. The molecule has 0 aliphatic carbocycles. The molecule has 0 radical (unpaired) electrons. The summed E-state index contributed by atoms with van der Waals surface area (Å²) in [6, 6.07) is 38.1. The van der Waals surface area contributed by atoms with Crippen molar-refractivity contribution in [2.45, 2.75) is 45.4 Å². The number of hydrogen-bond acceptors (Lipinski definition) is 4. The van der Waals surface area contributed by atoms with Gasteiger partial charge in [-0.1, -0.05) is 88.3 Å². The van der Waals surface area contributed by atoms with Crippen LogP contribution >= 0.6 is 0 Å². The van der Waals surface area contributed by atoms with E-state index < -0.39 is 0 Å². The zero-order valence-corrected chi connectivity index (χ0v) is 29.1. The van der Waals surface area contributed by atoms with E-state index in [4.69, 9.17) is 9.72 Å². The van der Waals surface area contributed by atoms with Gasteiger partial charge in [0, 0.05) is 61.6 Å². The van der Waals surface area contributed by atoms with Gasteiger partial charge in [0.05, 0.1) is 6.20 Å². The number of aliphatic imine (C=N–C) groups is 1. The van der Waals surface area contributed by atoms with E-state index in [1.807, 2.05) is 58.4 Å². The molecule has 0 saturated carbocycles. The van der Waals surface area contributed by atoms with E-state index in [0.29, 0.717) is 11.5 Å². The summed E-state index contributed by atoms with van der Waals surface area (Å²) in [6.45, 7) is 11.0. The van der Waals surface area contributed by atoms with Crippen LogP contribution in [0.4, 0.5) is 11.4 Å². The molecular weight excluding hydrogens is 762 g/mol. The number of para-hydroxylation sites is 2. The summed E-state index contributed by atoms with van der Waals surface area (Å²) in [5.41, 5.74) is 5.86. The van der Waals surface area contributed by atoms with Gasteiger partial charge >= 0.3 is 0 Å². The average Bonchev–Trinajstić information content (AvgIpc) is 3.64. The summed E-state index contributed by atoms with van der Waals surface area (Å²) in [4.78, 5) is 11.5. The molecule has 8 rings (SSSR count). The quantitative estimate of drug-likeness (QED) is 0.132. The van der Waals surface area contributed by atoms with Gasteiger partial charge in [0.2, 0.25) is 0 Å². The van der Waals surface area contributed by atoms with Crippen LogP contribution in [-0.4, -0.2) is 26.3 Å². The summed E-state index contributed by atoms with van der Waals surface area (Å²) in [5.74, 6) is 2.96. The number of benzene rings is 4. The summed E-state index contributed by atoms with van der Waals surface area (Å²) >= 11 is 0. The van der Waals surface area contributed by atoms with Crippen LogP contribution in [0.15, 0.2) is 115 Å².